The van der Waals surface area contributed by atoms with E-state index in [4.69, 9.17) is 9.47 Å². The van der Waals surface area contributed by atoms with Crippen LogP contribution in [0.4, 0.5) is 5.69 Å². The molecule has 1 amide bonds. The second-order valence-electron chi connectivity index (χ2n) is 8.25. The predicted octanol–water partition coefficient (Wildman–Crippen LogP) is 5.94. The maximum Gasteiger partial charge on any atom is 0.235 e. The SMILES string of the molecule is CC[C@H](C)Oc1c(C)cc(NC(=O)C2(c3ccc(OC)cc3)CCCC2)cc1C. The van der Waals surface area contributed by atoms with Gasteiger partial charge in [0.15, 0.2) is 0 Å². The van der Waals surface area contributed by atoms with E-state index >= 15 is 0 Å². The smallest absolute Gasteiger partial charge is 0.235 e. The Bertz CT molecular complexity index is 828. The number of rotatable bonds is 7. The Kier molecular flexibility index (Phi) is 6.51. The molecule has 0 aromatic heterocycles. The first-order valence-corrected chi connectivity index (χ1v) is 10.6. The van der Waals surface area contributed by atoms with E-state index in [-0.39, 0.29) is 12.0 Å². The van der Waals surface area contributed by atoms with E-state index in [1.54, 1.807) is 7.11 Å². The molecule has 3 rings (SSSR count). The quantitative estimate of drug-likeness (QED) is 0.631. The van der Waals surface area contributed by atoms with Crippen LogP contribution in [0.2, 0.25) is 0 Å². The molecule has 0 spiro atoms. The number of hydrogen-bond donors (Lipinski definition) is 1. The minimum Gasteiger partial charge on any atom is -0.497 e. The molecule has 0 heterocycles. The van der Waals surface area contributed by atoms with Crippen molar-refractivity contribution in [3.63, 3.8) is 0 Å². The predicted molar refractivity (Wildman–Crippen MR) is 118 cm³/mol. The summed E-state index contributed by atoms with van der Waals surface area (Å²) < 4.78 is 11.4. The molecule has 2 aromatic rings. The van der Waals surface area contributed by atoms with Crippen LogP contribution in [0.25, 0.3) is 0 Å². The van der Waals surface area contributed by atoms with Crippen LogP contribution in [0.15, 0.2) is 36.4 Å². The number of ether oxygens (including phenoxy) is 2. The van der Waals surface area contributed by atoms with E-state index in [1.165, 1.54) is 0 Å². The summed E-state index contributed by atoms with van der Waals surface area (Å²) in [4.78, 5) is 13.4. The zero-order valence-electron chi connectivity index (χ0n) is 18.3. The number of amides is 1. The van der Waals surface area contributed by atoms with Crippen LogP contribution in [0.5, 0.6) is 11.5 Å². The fourth-order valence-electron chi connectivity index (χ4n) is 4.28. The van der Waals surface area contributed by atoms with Crippen molar-refractivity contribution in [3.8, 4) is 11.5 Å². The van der Waals surface area contributed by atoms with Gasteiger partial charge < -0.3 is 14.8 Å². The first-order valence-electron chi connectivity index (χ1n) is 10.6. The monoisotopic (exact) mass is 395 g/mol. The summed E-state index contributed by atoms with van der Waals surface area (Å²) in [7, 11) is 1.66. The third kappa shape index (κ3) is 4.42. The van der Waals surface area contributed by atoms with Crippen molar-refractivity contribution in [3.05, 3.63) is 53.1 Å². The van der Waals surface area contributed by atoms with Gasteiger partial charge in [0.25, 0.3) is 0 Å². The third-order valence-corrected chi connectivity index (χ3v) is 6.15. The van der Waals surface area contributed by atoms with Gasteiger partial charge in [-0.3, -0.25) is 4.79 Å². The van der Waals surface area contributed by atoms with Crippen molar-refractivity contribution in [1.29, 1.82) is 0 Å². The number of nitrogens with one attached hydrogen (secondary N) is 1. The first kappa shape index (κ1) is 21.2. The van der Waals surface area contributed by atoms with Crippen molar-refractivity contribution < 1.29 is 14.3 Å². The summed E-state index contributed by atoms with van der Waals surface area (Å²) in [5, 5.41) is 3.20. The molecule has 0 aliphatic heterocycles. The summed E-state index contributed by atoms with van der Waals surface area (Å²) in [6.07, 6.45) is 5.02. The number of aryl methyl sites for hydroxylation is 2. The van der Waals surface area contributed by atoms with Gasteiger partial charge in [-0.2, -0.15) is 0 Å². The molecule has 4 heteroatoms. The van der Waals surface area contributed by atoms with Gasteiger partial charge in [0.05, 0.1) is 18.6 Å². The molecule has 156 valence electrons. The Hall–Kier alpha value is -2.49. The van der Waals surface area contributed by atoms with Gasteiger partial charge in [-0.25, -0.2) is 0 Å². The summed E-state index contributed by atoms with van der Waals surface area (Å²) in [6.45, 7) is 8.27. The maximum atomic E-state index is 13.4. The topological polar surface area (TPSA) is 47.6 Å². The fourth-order valence-corrected chi connectivity index (χ4v) is 4.28. The average Bonchev–Trinajstić information content (AvgIpc) is 3.22. The third-order valence-electron chi connectivity index (χ3n) is 6.15. The highest BCUT2D eigenvalue weighted by Crippen LogP contribution is 2.43. The van der Waals surface area contributed by atoms with Gasteiger partial charge >= 0.3 is 0 Å². The molecule has 1 saturated carbocycles. The van der Waals surface area contributed by atoms with Crippen LogP contribution in [0.1, 0.15) is 62.6 Å². The molecule has 1 N–H and O–H groups in total. The molecular formula is C25H33NO3. The van der Waals surface area contributed by atoms with Crippen LogP contribution in [0.3, 0.4) is 0 Å². The van der Waals surface area contributed by atoms with Crippen LogP contribution < -0.4 is 14.8 Å². The van der Waals surface area contributed by atoms with Crippen molar-refractivity contribution in [2.45, 2.75) is 71.3 Å². The summed E-state index contributed by atoms with van der Waals surface area (Å²) in [6, 6.07) is 12.0. The Morgan fingerprint density at radius 2 is 1.69 bits per heavy atom. The molecule has 29 heavy (non-hydrogen) atoms. The maximum absolute atomic E-state index is 13.4. The highest BCUT2D eigenvalue weighted by molar-refractivity contribution is 5.99. The van der Waals surface area contributed by atoms with Crippen LogP contribution >= 0.6 is 0 Å². The van der Waals surface area contributed by atoms with Gasteiger partial charge in [-0.15, -0.1) is 0 Å². The summed E-state index contributed by atoms with van der Waals surface area (Å²) in [5.74, 6) is 1.81. The van der Waals surface area contributed by atoms with Gasteiger partial charge in [0.2, 0.25) is 5.91 Å². The lowest BCUT2D eigenvalue weighted by Gasteiger charge is -2.29. The molecule has 1 aliphatic rings. The van der Waals surface area contributed by atoms with E-state index in [0.29, 0.717) is 0 Å². The zero-order chi connectivity index (χ0) is 21.0. The fraction of sp³-hybridized carbons (Fsp3) is 0.480. The van der Waals surface area contributed by atoms with Gasteiger partial charge in [0.1, 0.15) is 11.5 Å². The molecule has 0 unspecified atom stereocenters. The van der Waals surface area contributed by atoms with E-state index in [2.05, 4.69) is 19.2 Å². The number of anilines is 1. The highest BCUT2D eigenvalue weighted by Gasteiger charge is 2.42. The first-order chi connectivity index (χ1) is 13.9. The highest BCUT2D eigenvalue weighted by atomic mass is 16.5. The van der Waals surface area contributed by atoms with Crippen molar-refractivity contribution in [2.75, 3.05) is 12.4 Å². The lowest BCUT2D eigenvalue weighted by Crippen LogP contribution is -2.38. The van der Waals surface area contributed by atoms with Crippen LogP contribution in [-0.2, 0) is 10.2 Å². The molecular weight excluding hydrogens is 362 g/mol. The minimum atomic E-state index is -0.472. The van der Waals surface area contributed by atoms with Gasteiger partial charge in [-0.05, 0) is 81.0 Å². The van der Waals surface area contributed by atoms with E-state index in [0.717, 1.165) is 66.0 Å². The number of carbonyl (C=O) groups excluding carboxylic acids is 1. The van der Waals surface area contributed by atoms with Gasteiger partial charge in [-0.1, -0.05) is 31.9 Å². The zero-order valence-corrected chi connectivity index (χ0v) is 18.3. The second kappa shape index (κ2) is 8.89. The number of methoxy groups -OCH3 is 1. The van der Waals surface area contributed by atoms with Crippen molar-refractivity contribution in [2.24, 2.45) is 0 Å². The number of carbonyl (C=O) groups is 1. The normalized spacial score (nSPS) is 16.3. The summed E-state index contributed by atoms with van der Waals surface area (Å²) in [5.41, 5.74) is 3.52. The number of hydrogen-bond acceptors (Lipinski definition) is 3. The van der Waals surface area contributed by atoms with E-state index < -0.39 is 5.41 Å². The molecule has 4 nitrogen and oxygen atoms in total. The largest absolute Gasteiger partial charge is 0.497 e. The van der Waals surface area contributed by atoms with Crippen molar-refractivity contribution >= 4 is 11.6 Å². The molecule has 2 aromatic carbocycles. The second-order valence-corrected chi connectivity index (χ2v) is 8.25. The lowest BCUT2D eigenvalue weighted by molar-refractivity contribution is -0.121. The Morgan fingerprint density at radius 1 is 1.10 bits per heavy atom. The molecule has 0 bridgehead atoms. The molecule has 0 radical (unpaired) electrons. The lowest BCUT2D eigenvalue weighted by atomic mass is 9.78. The molecule has 0 saturated heterocycles. The van der Waals surface area contributed by atoms with E-state index in [1.807, 2.05) is 50.2 Å². The minimum absolute atomic E-state index is 0.0783. The molecule has 1 atom stereocenters. The Balaban J connectivity index is 1.85. The summed E-state index contributed by atoms with van der Waals surface area (Å²) >= 11 is 0. The Labute approximate surface area is 174 Å². The van der Waals surface area contributed by atoms with Crippen molar-refractivity contribution in [1.82, 2.24) is 0 Å². The van der Waals surface area contributed by atoms with Gasteiger partial charge in [0, 0.05) is 5.69 Å². The molecule has 1 aliphatic carbocycles. The Morgan fingerprint density at radius 3 is 2.21 bits per heavy atom. The van der Waals surface area contributed by atoms with E-state index in [9.17, 15) is 4.79 Å². The standard InChI is InChI=1S/C25H33NO3/c1-6-19(4)29-23-17(2)15-21(16-18(23)3)26-24(27)25(13-7-8-14-25)20-9-11-22(28-5)12-10-20/h9-12,15-16,19H,6-8,13-14H2,1-5H3,(H,26,27)/t19-/m0/s1. The molecule has 1 fully saturated rings. The van der Waals surface area contributed by atoms with Crippen LogP contribution in [0, 0.1) is 13.8 Å². The number of benzene rings is 2. The van der Waals surface area contributed by atoms with Crippen LogP contribution in [-0.4, -0.2) is 19.1 Å². The average molecular weight is 396 g/mol.